The summed E-state index contributed by atoms with van der Waals surface area (Å²) in [6.07, 6.45) is 0.183. The molecule has 2 heterocycles. The lowest BCUT2D eigenvalue weighted by atomic mass is 10.3. The quantitative estimate of drug-likeness (QED) is 0.669. The summed E-state index contributed by atoms with van der Waals surface area (Å²) in [4.78, 5) is 24.4. The van der Waals surface area contributed by atoms with Crippen LogP contribution in [0.3, 0.4) is 0 Å². The number of likely N-dealkylation sites (tertiary alicyclic amines) is 1. The van der Waals surface area contributed by atoms with Crippen LogP contribution in [-0.4, -0.2) is 63.8 Å². The third-order valence-corrected chi connectivity index (χ3v) is 2.52. The van der Waals surface area contributed by atoms with Gasteiger partial charge in [0.1, 0.15) is 0 Å². The molecular weight excluding hydrogens is 228 g/mol. The van der Waals surface area contributed by atoms with Gasteiger partial charge in [0.2, 0.25) is 0 Å². The van der Waals surface area contributed by atoms with Crippen molar-refractivity contribution in [3.05, 3.63) is 5.82 Å². The monoisotopic (exact) mass is 240 g/mol. The number of tetrazole rings is 1. The van der Waals surface area contributed by atoms with Gasteiger partial charge >= 0.3 is 6.09 Å². The minimum absolute atomic E-state index is 0.0312. The van der Waals surface area contributed by atoms with Crippen molar-refractivity contribution in [2.24, 2.45) is 0 Å². The van der Waals surface area contributed by atoms with Crippen molar-refractivity contribution in [2.45, 2.75) is 12.5 Å². The summed E-state index contributed by atoms with van der Waals surface area (Å²) in [5.41, 5.74) is 0. The number of rotatable bonds is 2. The highest BCUT2D eigenvalue weighted by Crippen LogP contribution is 2.11. The molecule has 1 unspecified atom stereocenters. The van der Waals surface area contributed by atoms with E-state index in [0.717, 1.165) is 0 Å². The predicted molar refractivity (Wildman–Crippen MR) is 54.0 cm³/mol. The first kappa shape index (κ1) is 11.3. The number of hydrogen-bond acceptors (Lipinski definition) is 6. The minimum atomic E-state index is -0.496. The Morgan fingerprint density at radius 3 is 3.06 bits per heavy atom. The lowest BCUT2D eigenvalue weighted by Crippen LogP contribution is -2.38. The molecule has 92 valence electrons. The molecule has 2 N–H and O–H groups in total. The van der Waals surface area contributed by atoms with Crippen molar-refractivity contribution in [1.82, 2.24) is 30.8 Å². The Balaban J connectivity index is 1.90. The van der Waals surface area contributed by atoms with Gasteiger partial charge in [-0.25, -0.2) is 4.79 Å². The summed E-state index contributed by atoms with van der Waals surface area (Å²) >= 11 is 0. The summed E-state index contributed by atoms with van der Waals surface area (Å²) in [5.74, 6) is -0.267. The van der Waals surface area contributed by atoms with Gasteiger partial charge in [-0.15, -0.1) is 10.2 Å². The normalized spacial score (nSPS) is 19.1. The fourth-order valence-electron chi connectivity index (χ4n) is 1.68. The van der Waals surface area contributed by atoms with Gasteiger partial charge in [-0.1, -0.05) is 0 Å². The van der Waals surface area contributed by atoms with Crippen LogP contribution in [0.4, 0.5) is 4.79 Å². The number of nitrogens with one attached hydrogen (secondary N) is 2. The molecule has 1 aromatic heterocycles. The van der Waals surface area contributed by atoms with Gasteiger partial charge in [-0.2, -0.15) is 5.21 Å². The highest BCUT2D eigenvalue weighted by atomic mass is 16.5. The summed E-state index contributed by atoms with van der Waals surface area (Å²) in [5, 5.41) is 15.4. The molecule has 0 radical (unpaired) electrons. The molecule has 0 saturated carbocycles. The van der Waals surface area contributed by atoms with Gasteiger partial charge in [-0.05, 0) is 11.6 Å². The van der Waals surface area contributed by atoms with E-state index in [1.807, 2.05) is 0 Å². The number of carbonyl (C=O) groups is 2. The SMILES string of the molecule is COC(=O)NC1CCN(C(=O)c2nn[nH]n2)C1. The maximum atomic E-state index is 11.8. The first-order chi connectivity index (χ1) is 8.20. The third-order valence-electron chi connectivity index (χ3n) is 2.52. The van der Waals surface area contributed by atoms with Gasteiger partial charge in [0.25, 0.3) is 11.7 Å². The molecule has 2 rings (SSSR count). The van der Waals surface area contributed by atoms with Crippen LogP contribution in [0.5, 0.6) is 0 Å². The smallest absolute Gasteiger partial charge is 0.407 e. The molecule has 1 aromatic rings. The standard InChI is InChI=1S/C8H12N6O3/c1-17-8(16)9-5-2-3-14(4-5)7(15)6-10-12-13-11-6/h5H,2-4H2,1H3,(H,9,16)(H,10,11,12,13). The van der Waals surface area contributed by atoms with Crippen LogP contribution in [0, 0.1) is 0 Å². The maximum Gasteiger partial charge on any atom is 0.407 e. The zero-order valence-electron chi connectivity index (χ0n) is 9.21. The Bertz CT molecular complexity index is 405. The molecule has 0 bridgehead atoms. The van der Waals surface area contributed by atoms with Crippen molar-refractivity contribution in [3.63, 3.8) is 0 Å². The van der Waals surface area contributed by atoms with Gasteiger partial charge in [0.15, 0.2) is 0 Å². The van der Waals surface area contributed by atoms with E-state index in [9.17, 15) is 9.59 Å². The number of nitrogens with zero attached hydrogens (tertiary/aromatic N) is 4. The average Bonchev–Trinajstić information content (AvgIpc) is 2.98. The van der Waals surface area contributed by atoms with E-state index in [-0.39, 0.29) is 17.8 Å². The molecule has 1 atom stereocenters. The topological polar surface area (TPSA) is 113 Å². The van der Waals surface area contributed by atoms with Crippen LogP contribution < -0.4 is 5.32 Å². The van der Waals surface area contributed by atoms with Crippen molar-refractivity contribution in [1.29, 1.82) is 0 Å². The Morgan fingerprint density at radius 2 is 2.41 bits per heavy atom. The number of amides is 2. The summed E-state index contributed by atoms with van der Waals surface area (Å²) in [6, 6.07) is -0.0988. The number of H-pyrrole nitrogens is 1. The number of methoxy groups -OCH3 is 1. The molecule has 1 aliphatic heterocycles. The summed E-state index contributed by atoms with van der Waals surface area (Å²) < 4.78 is 4.49. The highest BCUT2D eigenvalue weighted by molar-refractivity contribution is 5.90. The Kier molecular flexibility index (Phi) is 3.17. The summed E-state index contributed by atoms with van der Waals surface area (Å²) in [7, 11) is 1.30. The van der Waals surface area contributed by atoms with Gasteiger partial charge in [0.05, 0.1) is 13.2 Å². The van der Waals surface area contributed by atoms with Crippen LogP contribution >= 0.6 is 0 Å². The molecule has 0 aromatic carbocycles. The van der Waals surface area contributed by atoms with Gasteiger partial charge in [0, 0.05) is 13.1 Å². The number of alkyl carbamates (subject to hydrolysis) is 1. The van der Waals surface area contributed by atoms with Crippen LogP contribution in [0.2, 0.25) is 0 Å². The van der Waals surface area contributed by atoms with Crippen molar-refractivity contribution in [3.8, 4) is 0 Å². The minimum Gasteiger partial charge on any atom is -0.453 e. The second-order valence-corrected chi connectivity index (χ2v) is 3.61. The number of aromatic nitrogens is 4. The van der Waals surface area contributed by atoms with E-state index >= 15 is 0 Å². The van der Waals surface area contributed by atoms with E-state index in [1.165, 1.54) is 7.11 Å². The van der Waals surface area contributed by atoms with Crippen LogP contribution in [0.15, 0.2) is 0 Å². The largest absolute Gasteiger partial charge is 0.453 e. The lowest BCUT2D eigenvalue weighted by molar-refractivity contribution is 0.0776. The third kappa shape index (κ3) is 2.49. The first-order valence-electron chi connectivity index (χ1n) is 5.08. The van der Waals surface area contributed by atoms with E-state index in [4.69, 9.17) is 0 Å². The van der Waals surface area contributed by atoms with E-state index < -0.39 is 6.09 Å². The Hall–Kier alpha value is -2.19. The molecule has 0 spiro atoms. The number of ether oxygens (including phenoxy) is 1. The molecule has 1 fully saturated rings. The fraction of sp³-hybridized carbons (Fsp3) is 0.625. The summed E-state index contributed by atoms with van der Waals surface area (Å²) in [6.45, 7) is 0.963. The fourth-order valence-corrected chi connectivity index (χ4v) is 1.68. The lowest BCUT2D eigenvalue weighted by Gasteiger charge is -2.14. The number of aromatic amines is 1. The average molecular weight is 240 g/mol. The number of hydrogen-bond donors (Lipinski definition) is 2. The molecule has 9 heteroatoms. The Labute approximate surface area is 96.5 Å². The molecule has 17 heavy (non-hydrogen) atoms. The van der Waals surface area contributed by atoms with Crippen LogP contribution in [-0.2, 0) is 4.74 Å². The molecule has 1 saturated heterocycles. The first-order valence-corrected chi connectivity index (χ1v) is 5.08. The van der Waals surface area contributed by atoms with Gasteiger partial charge < -0.3 is 15.0 Å². The van der Waals surface area contributed by atoms with Crippen molar-refractivity contribution >= 4 is 12.0 Å². The van der Waals surface area contributed by atoms with E-state index in [2.05, 4.69) is 30.7 Å². The van der Waals surface area contributed by atoms with Crippen molar-refractivity contribution < 1.29 is 14.3 Å². The van der Waals surface area contributed by atoms with E-state index in [1.54, 1.807) is 4.90 Å². The molecule has 2 amide bonds. The second-order valence-electron chi connectivity index (χ2n) is 3.61. The molecule has 1 aliphatic rings. The number of carbonyl (C=O) groups excluding carboxylic acids is 2. The van der Waals surface area contributed by atoms with Gasteiger partial charge in [-0.3, -0.25) is 4.79 Å². The van der Waals surface area contributed by atoms with E-state index in [0.29, 0.717) is 19.5 Å². The Morgan fingerprint density at radius 1 is 1.59 bits per heavy atom. The zero-order chi connectivity index (χ0) is 12.3. The highest BCUT2D eigenvalue weighted by Gasteiger charge is 2.29. The van der Waals surface area contributed by atoms with Crippen LogP contribution in [0.25, 0.3) is 0 Å². The van der Waals surface area contributed by atoms with Crippen molar-refractivity contribution in [2.75, 3.05) is 20.2 Å². The molecule has 9 nitrogen and oxygen atoms in total. The molecule has 0 aliphatic carbocycles. The van der Waals surface area contributed by atoms with Crippen LogP contribution in [0.1, 0.15) is 17.0 Å². The zero-order valence-corrected chi connectivity index (χ0v) is 9.21. The molecular formula is C8H12N6O3. The predicted octanol–water partition coefficient (Wildman–Crippen LogP) is -1.23. The maximum absolute atomic E-state index is 11.8. The second kappa shape index (κ2) is 4.76.